The molecule has 0 amide bonds. The van der Waals surface area contributed by atoms with Crippen molar-refractivity contribution in [2.75, 3.05) is 25.5 Å². The summed E-state index contributed by atoms with van der Waals surface area (Å²) in [7, 11) is 1.69. The Balaban J connectivity index is 1.90. The van der Waals surface area contributed by atoms with Crippen LogP contribution in [0.5, 0.6) is 5.75 Å². The SMILES string of the molecule is COc1cc(Br)cc2c1NC(C)(c1cccnc1)N=C2N1CCC1. The number of pyridine rings is 1. The average Bonchev–Trinajstić information content (AvgIpc) is 2.54. The molecule has 4 rings (SSSR count). The van der Waals surface area contributed by atoms with Crippen LogP contribution in [0.1, 0.15) is 24.5 Å². The predicted molar refractivity (Wildman–Crippen MR) is 98.6 cm³/mol. The number of aromatic nitrogens is 1. The summed E-state index contributed by atoms with van der Waals surface area (Å²) in [5.41, 5.74) is 2.50. The number of nitrogens with one attached hydrogen (secondary N) is 1. The highest BCUT2D eigenvalue weighted by Gasteiger charge is 2.37. The summed E-state index contributed by atoms with van der Waals surface area (Å²) in [5.74, 6) is 1.82. The number of fused-ring (bicyclic) bond motifs is 1. The Bertz CT molecular complexity index is 804. The van der Waals surface area contributed by atoms with Gasteiger partial charge < -0.3 is 15.0 Å². The van der Waals surface area contributed by atoms with Crippen molar-refractivity contribution in [2.45, 2.75) is 19.0 Å². The van der Waals surface area contributed by atoms with E-state index in [-0.39, 0.29) is 0 Å². The van der Waals surface area contributed by atoms with Gasteiger partial charge in [0.25, 0.3) is 0 Å². The molecule has 0 saturated carbocycles. The summed E-state index contributed by atoms with van der Waals surface area (Å²) in [4.78, 5) is 11.7. The van der Waals surface area contributed by atoms with Crippen molar-refractivity contribution in [2.24, 2.45) is 4.99 Å². The van der Waals surface area contributed by atoms with Gasteiger partial charge in [-0.15, -0.1) is 0 Å². The molecule has 1 unspecified atom stereocenters. The first-order valence-corrected chi connectivity index (χ1v) is 8.81. The van der Waals surface area contributed by atoms with E-state index in [9.17, 15) is 0 Å². The third-order valence-corrected chi connectivity index (χ3v) is 5.06. The first-order valence-electron chi connectivity index (χ1n) is 8.02. The molecule has 3 heterocycles. The minimum absolute atomic E-state index is 0.576. The van der Waals surface area contributed by atoms with Gasteiger partial charge in [0.15, 0.2) is 5.66 Å². The van der Waals surface area contributed by atoms with Crippen molar-refractivity contribution in [1.29, 1.82) is 0 Å². The molecule has 2 aliphatic rings. The summed E-state index contributed by atoms with van der Waals surface area (Å²) >= 11 is 3.58. The monoisotopic (exact) mass is 386 g/mol. The quantitative estimate of drug-likeness (QED) is 0.856. The van der Waals surface area contributed by atoms with Crippen LogP contribution in [0.25, 0.3) is 0 Å². The fourth-order valence-electron chi connectivity index (χ4n) is 3.15. The molecule has 24 heavy (non-hydrogen) atoms. The minimum Gasteiger partial charge on any atom is -0.495 e. The number of halogens is 1. The third-order valence-electron chi connectivity index (χ3n) is 4.60. The second-order valence-corrected chi connectivity index (χ2v) is 7.16. The number of ether oxygens (including phenoxy) is 1. The maximum Gasteiger partial charge on any atom is 0.156 e. The van der Waals surface area contributed by atoms with Crippen LogP contribution in [0.3, 0.4) is 0 Å². The molecule has 1 aromatic heterocycles. The van der Waals surface area contributed by atoms with Crippen LogP contribution in [0.2, 0.25) is 0 Å². The zero-order valence-electron chi connectivity index (χ0n) is 13.7. The van der Waals surface area contributed by atoms with E-state index in [0.717, 1.165) is 46.0 Å². The molecule has 0 spiro atoms. The van der Waals surface area contributed by atoms with E-state index >= 15 is 0 Å². The van der Waals surface area contributed by atoms with Gasteiger partial charge in [0.2, 0.25) is 0 Å². The largest absolute Gasteiger partial charge is 0.495 e. The van der Waals surface area contributed by atoms with E-state index in [4.69, 9.17) is 9.73 Å². The number of likely N-dealkylation sites (tertiary alicyclic amines) is 1. The van der Waals surface area contributed by atoms with E-state index in [1.54, 1.807) is 13.3 Å². The Morgan fingerprint density at radius 2 is 2.17 bits per heavy atom. The molecule has 0 aliphatic carbocycles. The maximum absolute atomic E-state index is 5.62. The number of hydrogen-bond donors (Lipinski definition) is 1. The highest BCUT2D eigenvalue weighted by molar-refractivity contribution is 9.10. The van der Waals surface area contributed by atoms with Crippen LogP contribution < -0.4 is 10.1 Å². The lowest BCUT2D eigenvalue weighted by Crippen LogP contribution is -2.47. The fraction of sp³-hybridized carbons (Fsp3) is 0.333. The molecule has 1 aromatic carbocycles. The lowest BCUT2D eigenvalue weighted by atomic mass is 9.97. The smallest absolute Gasteiger partial charge is 0.156 e. The molecule has 1 fully saturated rings. The van der Waals surface area contributed by atoms with Crippen molar-refractivity contribution in [1.82, 2.24) is 9.88 Å². The van der Waals surface area contributed by atoms with Gasteiger partial charge in [-0.3, -0.25) is 4.98 Å². The van der Waals surface area contributed by atoms with E-state index in [1.807, 2.05) is 24.4 Å². The molecule has 124 valence electrons. The predicted octanol–water partition coefficient (Wildman–Crippen LogP) is 3.60. The zero-order chi connectivity index (χ0) is 16.7. The van der Waals surface area contributed by atoms with Gasteiger partial charge in [-0.05, 0) is 31.5 Å². The molecule has 2 aliphatic heterocycles. The number of aliphatic imine (C=N–C) groups is 1. The van der Waals surface area contributed by atoms with Gasteiger partial charge in [0.05, 0.1) is 12.8 Å². The molecule has 1 atom stereocenters. The lowest BCUT2D eigenvalue weighted by molar-refractivity contribution is 0.295. The van der Waals surface area contributed by atoms with Gasteiger partial charge in [0.1, 0.15) is 11.6 Å². The molecule has 1 N–H and O–H groups in total. The summed E-state index contributed by atoms with van der Waals surface area (Å²) in [6.07, 6.45) is 4.85. The molecule has 1 saturated heterocycles. The van der Waals surface area contributed by atoms with Crippen LogP contribution in [-0.2, 0) is 5.66 Å². The van der Waals surface area contributed by atoms with Gasteiger partial charge >= 0.3 is 0 Å². The lowest BCUT2D eigenvalue weighted by Gasteiger charge is -2.41. The normalized spacial score (nSPS) is 22.1. The number of amidine groups is 1. The molecule has 2 aromatic rings. The Morgan fingerprint density at radius 3 is 2.79 bits per heavy atom. The molecule has 5 nitrogen and oxygen atoms in total. The molecule has 6 heteroatoms. The summed E-state index contributed by atoms with van der Waals surface area (Å²) in [6, 6.07) is 8.07. The number of hydrogen-bond acceptors (Lipinski definition) is 5. The van der Waals surface area contributed by atoms with Crippen LogP contribution >= 0.6 is 15.9 Å². The van der Waals surface area contributed by atoms with Crippen molar-refractivity contribution in [3.05, 3.63) is 52.3 Å². The Hall–Kier alpha value is -2.08. The van der Waals surface area contributed by atoms with E-state index in [1.165, 1.54) is 6.42 Å². The number of methoxy groups -OCH3 is 1. The average molecular weight is 387 g/mol. The van der Waals surface area contributed by atoms with E-state index in [2.05, 4.69) is 44.1 Å². The topological polar surface area (TPSA) is 49.8 Å². The van der Waals surface area contributed by atoms with Crippen molar-refractivity contribution in [3.8, 4) is 5.75 Å². The van der Waals surface area contributed by atoms with E-state index in [0.29, 0.717) is 0 Å². The highest BCUT2D eigenvalue weighted by Crippen LogP contribution is 2.42. The zero-order valence-corrected chi connectivity index (χ0v) is 15.3. The Morgan fingerprint density at radius 1 is 1.33 bits per heavy atom. The van der Waals surface area contributed by atoms with Crippen LogP contribution in [-0.4, -0.2) is 35.9 Å². The minimum atomic E-state index is -0.576. The standard InChI is InChI=1S/C18H19BrN4O/c1-18(12-5-3-6-20-11-12)21-16-14(9-13(19)10-15(16)24-2)17(22-18)23-7-4-8-23/h3,5-6,9-11,21H,4,7-8H2,1-2H3. The van der Waals surface area contributed by atoms with E-state index < -0.39 is 5.66 Å². The van der Waals surface area contributed by atoms with Crippen molar-refractivity contribution < 1.29 is 4.74 Å². The highest BCUT2D eigenvalue weighted by atomic mass is 79.9. The summed E-state index contributed by atoms with van der Waals surface area (Å²) < 4.78 is 6.61. The summed E-state index contributed by atoms with van der Waals surface area (Å²) in [5, 5.41) is 3.57. The third kappa shape index (κ3) is 2.45. The van der Waals surface area contributed by atoms with Crippen LogP contribution in [0.4, 0.5) is 5.69 Å². The molecule has 0 radical (unpaired) electrons. The maximum atomic E-state index is 5.62. The molecular formula is C18H19BrN4O. The number of benzene rings is 1. The molecular weight excluding hydrogens is 368 g/mol. The number of rotatable bonds is 2. The fourth-order valence-corrected chi connectivity index (χ4v) is 3.58. The Kier molecular flexibility index (Phi) is 3.72. The molecule has 0 bridgehead atoms. The van der Waals surface area contributed by atoms with Gasteiger partial charge in [-0.25, -0.2) is 4.99 Å². The number of anilines is 1. The van der Waals surface area contributed by atoms with Crippen molar-refractivity contribution >= 4 is 27.5 Å². The second-order valence-electron chi connectivity index (χ2n) is 6.25. The second kappa shape index (κ2) is 5.77. The van der Waals surface area contributed by atoms with Crippen LogP contribution in [0.15, 0.2) is 46.1 Å². The van der Waals surface area contributed by atoms with Crippen LogP contribution in [0, 0.1) is 0 Å². The van der Waals surface area contributed by atoms with Crippen molar-refractivity contribution in [3.63, 3.8) is 0 Å². The first-order chi connectivity index (χ1) is 11.6. The first kappa shape index (κ1) is 15.4. The van der Waals surface area contributed by atoms with Gasteiger partial charge in [-0.2, -0.15) is 0 Å². The van der Waals surface area contributed by atoms with Gasteiger partial charge in [-0.1, -0.05) is 22.0 Å². The Labute approximate surface area is 149 Å². The number of nitrogens with zero attached hydrogens (tertiary/aromatic N) is 3. The van der Waals surface area contributed by atoms with Gasteiger partial charge in [0, 0.05) is 41.1 Å². The summed E-state index contributed by atoms with van der Waals surface area (Å²) in [6.45, 7) is 4.15.